The average Bonchev–Trinajstić information content (AvgIpc) is 2.27. The van der Waals surface area contributed by atoms with Crippen LogP contribution in [0.15, 0.2) is 17.0 Å². The quantitative estimate of drug-likeness (QED) is 0.582. The molecule has 78 valence electrons. The van der Waals surface area contributed by atoms with Crippen LogP contribution < -0.4 is 0 Å². The first-order chi connectivity index (χ1) is 7.15. The Kier molecular flexibility index (Phi) is 3.72. The zero-order chi connectivity index (χ0) is 11.4. The first kappa shape index (κ1) is 11.6. The molecular weight excluding hydrogens is 214 g/mol. The number of methoxy groups -OCH3 is 1. The van der Waals surface area contributed by atoms with E-state index < -0.39 is 5.97 Å². The summed E-state index contributed by atoms with van der Waals surface area (Å²) in [6, 6.07) is 4.86. The minimum atomic E-state index is -0.602. The van der Waals surface area contributed by atoms with E-state index in [0.29, 0.717) is 10.5 Å². The second-order valence-electron chi connectivity index (χ2n) is 2.75. The summed E-state index contributed by atoms with van der Waals surface area (Å²) in [7, 11) is 1.23. The van der Waals surface area contributed by atoms with Gasteiger partial charge < -0.3 is 9.84 Å². The van der Waals surface area contributed by atoms with Crippen molar-refractivity contribution in [2.75, 3.05) is 7.11 Å². The molecule has 15 heavy (non-hydrogen) atoms. The Morgan fingerprint density at radius 3 is 2.80 bits per heavy atom. The Balaban J connectivity index is 3.43. The maximum atomic E-state index is 11.3. The molecule has 0 bridgehead atoms. The number of nitrogens with zero attached hydrogens (tertiary/aromatic N) is 1. The number of aliphatic hydroxyl groups is 1. The lowest BCUT2D eigenvalue weighted by molar-refractivity contribution is 0.0600. The minimum absolute atomic E-state index is 0.108. The highest BCUT2D eigenvalue weighted by atomic mass is 32.1. The van der Waals surface area contributed by atoms with Crippen LogP contribution in [-0.4, -0.2) is 18.2 Å². The van der Waals surface area contributed by atoms with E-state index in [1.807, 2.05) is 6.07 Å². The van der Waals surface area contributed by atoms with E-state index in [9.17, 15) is 4.79 Å². The number of ether oxygens (including phenoxy) is 1. The fourth-order valence-corrected chi connectivity index (χ4v) is 1.46. The Bertz CT molecular complexity index is 437. The van der Waals surface area contributed by atoms with E-state index in [2.05, 4.69) is 17.4 Å². The zero-order valence-corrected chi connectivity index (χ0v) is 8.91. The van der Waals surface area contributed by atoms with Crippen LogP contribution >= 0.6 is 12.6 Å². The lowest BCUT2D eigenvalue weighted by Crippen LogP contribution is -2.07. The van der Waals surface area contributed by atoms with Crippen molar-refractivity contribution in [1.82, 2.24) is 0 Å². The highest BCUT2D eigenvalue weighted by Crippen LogP contribution is 2.22. The summed E-state index contributed by atoms with van der Waals surface area (Å²) in [5, 5.41) is 18.0. The monoisotopic (exact) mass is 223 g/mol. The molecule has 1 rings (SSSR count). The number of rotatable bonds is 2. The van der Waals surface area contributed by atoms with Gasteiger partial charge in [-0.15, -0.1) is 12.6 Å². The second-order valence-corrected chi connectivity index (χ2v) is 3.23. The van der Waals surface area contributed by atoms with E-state index in [0.717, 1.165) is 0 Å². The summed E-state index contributed by atoms with van der Waals surface area (Å²) in [6.07, 6.45) is 0. The van der Waals surface area contributed by atoms with Gasteiger partial charge in [0.25, 0.3) is 0 Å². The van der Waals surface area contributed by atoms with Crippen LogP contribution in [0.1, 0.15) is 21.5 Å². The van der Waals surface area contributed by atoms with Crippen molar-refractivity contribution in [3.05, 3.63) is 28.8 Å². The van der Waals surface area contributed by atoms with Gasteiger partial charge in [0.1, 0.15) is 6.07 Å². The maximum absolute atomic E-state index is 11.3. The van der Waals surface area contributed by atoms with Crippen LogP contribution in [0, 0.1) is 11.3 Å². The highest BCUT2D eigenvalue weighted by Gasteiger charge is 2.16. The smallest absolute Gasteiger partial charge is 0.339 e. The number of esters is 1. The molecule has 1 aromatic rings. The molecule has 0 spiro atoms. The van der Waals surface area contributed by atoms with Crippen molar-refractivity contribution in [3.8, 4) is 6.07 Å². The molecule has 0 fully saturated rings. The van der Waals surface area contributed by atoms with Crippen LogP contribution in [0.4, 0.5) is 0 Å². The Labute approximate surface area is 92.5 Å². The molecule has 0 atom stereocenters. The van der Waals surface area contributed by atoms with Crippen molar-refractivity contribution in [3.63, 3.8) is 0 Å². The van der Waals surface area contributed by atoms with Gasteiger partial charge in [0, 0.05) is 10.5 Å². The van der Waals surface area contributed by atoms with Crippen molar-refractivity contribution < 1.29 is 14.6 Å². The van der Waals surface area contributed by atoms with Crippen LogP contribution in [-0.2, 0) is 11.3 Å². The summed E-state index contributed by atoms with van der Waals surface area (Å²) < 4.78 is 4.52. The molecule has 0 heterocycles. The van der Waals surface area contributed by atoms with Crippen LogP contribution in [0.2, 0.25) is 0 Å². The number of carbonyl (C=O) groups excluding carboxylic acids is 1. The van der Waals surface area contributed by atoms with E-state index in [-0.39, 0.29) is 17.7 Å². The molecule has 0 radical (unpaired) electrons. The zero-order valence-electron chi connectivity index (χ0n) is 8.02. The molecule has 0 aliphatic heterocycles. The number of thiol groups is 1. The van der Waals surface area contributed by atoms with Gasteiger partial charge in [0.2, 0.25) is 0 Å². The molecule has 0 unspecified atom stereocenters. The van der Waals surface area contributed by atoms with E-state index >= 15 is 0 Å². The summed E-state index contributed by atoms with van der Waals surface area (Å²) >= 11 is 4.08. The third kappa shape index (κ3) is 2.12. The number of nitriles is 1. The lowest BCUT2D eigenvalue weighted by atomic mass is 10.0. The third-order valence-corrected chi connectivity index (χ3v) is 2.38. The summed E-state index contributed by atoms with van der Waals surface area (Å²) in [6.45, 7) is -0.341. The van der Waals surface area contributed by atoms with Gasteiger partial charge >= 0.3 is 5.97 Å². The van der Waals surface area contributed by atoms with Crippen LogP contribution in [0.5, 0.6) is 0 Å². The average molecular weight is 223 g/mol. The van der Waals surface area contributed by atoms with Crippen LogP contribution in [0.3, 0.4) is 0 Å². The van der Waals surface area contributed by atoms with Gasteiger partial charge in [0.15, 0.2) is 0 Å². The maximum Gasteiger partial charge on any atom is 0.339 e. The molecule has 1 aromatic carbocycles. The van der Waals surface area contributed by atoms with Gasteiger partial charge in [-0.25, -0.2) is 4.79 Å². The Morgan fingerprint density at radius 1 is 1.67 bits per heavy atom. The van der Waals surface area contributed by atoms with Crippen LogP contribution in [0.25, 0.3) is 0 Å². The van der Waals surface area contributed by atoms with Crippen molar-refractivity contribution in [1.29, 1.82) is 5.26 Å². The summed E-state index contributed by atoms with van der Waals surface area (Å²) in [5.41, 5.74) is 0.586. The standard InChI is InChI=1S/C10H9NO3S/c1-14-10(13)6-2-3-9(15)8(5-12)7(6)4-11/h2-3,12,15H,5H2,1H3. The largest absolute Gasteiger partial charge is 0.465 e. The molecule has 1 N–H and O–H groups in total. The van der Waals surface area contributed by atoms with Crippen molar-refractivity contribution >= 4 is 18.6 Å². The molecular formula is C10H9NO3S. The second kappa shape index (κ2) is 4.82. The predicted octanol–water partition coefficient (Wildman–Crippen LogP) is 1.13. The minimum Gasteiger partial charge on any atom is -0.465 e. The topological polar surface area (TPSA) is 70.3 Å². The predicted molar refractivity (Wildman–Crippen MR) is 55.7 cm³/mol. The SMILES string of the molecule is COC(=O)c1ccc(S)c(CO)c1C#N. The third-order valence-electron chi connectivity index (χ3n) is 1.96. The number of hydrogen-bond donors (Lipinski definition) is 2. The lowest BCUT2D eigenvalue weighted by Gasteiger charge is -2.08. The fourth-order valence-electron chi connectivity index (χ4n) is 1.20. The first-order valence-corrected chi connectivity index (χ1v) is 4.54. The van der Waals surface area contributed by atoms with E-state index in [1.165, 1.54) is 13.2 Å². The normalized spacial score (nSPS) is 9.47. The highest BCUT2D eigenvalue weighted by molar-refractivity contribution is 7.80. The molecule has 0 amide bonds. The molecule has 0 aliphatic carbocycles. The number of aliphatic hydroxyl groups excluding tert-OH is 1. The van der Waals surface area contributed by atoms with Gasteiger partial charge in [-0.3, -0.25) is 0 Å². The summed E-state index contributed by atoms with van der Waals surface area (Å²) in [5.74, 6) is -0.602. The van der Waals surface area contributed by atoms with E-state index in [4.69, 9.17) is 10.4 Å². The Morgan fingerprint density at radius 2 is 2.33 bits per heavy atom. The van der Waals surface area contributed by atoms with Crippen molar-refractivity contribution in [2.24, 2.45) is 0 Å². The number of carbonyl (C=O) groups is 1. The number of benzene rings is 1. The molecule has 0 aliphatic rings. The molecule has 0 saturated heterocycles. The van der Waals surface area contributed by atoms with Gasteiger partial charge in [0.05, 0.1) is 24.8 Å². The fraction of sp³-hybridized carbons (Fsp3) is 0.200. The molecule has 0 aromatic heterocycles. The number of hydrogen-bond acceptors (Lipinski definition) is 5. The van der Waals surface area contributed by atoms with Gasteiger partial charge in [-0.1, -0.05) is 0 Å². The molecule has 5 heteroatoms. The van der Waals surface area contributed by atoms with Crippen molar-refractivity contribution in [2.45, 2.75) is 11.5 Å². The van der Waals surface area contributed by atoms with Gasteiger partial charge in [-0.05, 0) is 12.1 Å². The molecule has 0 saturated carbocycles. The molecule has 4 nitrogen and oxygen atoms in total. The summed E-state index contributed by atoms with van der Waals surface area (Å²) in [4.78, 5) is 11.8. The Hall–Kier alpha value is -1.51. The van der Waals surface area contributed by atoms with E-state index in [1.54, 1.807) is 6.07 Å². The first-order valence-electron chi connectivity index (χ1n) is 4.09. The van der Waals surface area contributed by atoms with Gasteiger partial charge in [-0.2, -0.15) is 5.26 Å².